The fourth-order valence-electron chi connectivity index (χ4n) is 2.90. The van der Waals surface area contributed by atoms with Gasteiger partial charge in [-0.15, -0.1) is 0 Å². The first-order chi connectivity index (χ1) is 13.8. The van der Waals surface area contributed by atoms with Crippen molar-refractivity contribution in [3.63, 3.8) is 0 Å². The molecule has 0 saturated carbocycles. The first-order valence-electron chi connectivity index (χ1n) is 10.4. The molecule has 0 fully saturated rings. The van der Waals surface area contributed by atoms with E-state index in [0.717, 1.165) is 12.0 Å². The lowest BCUT2D eigenvalue weighted by Gasteiger charge is -2.22. The Morgan fingerprint density at radius 1 is 1.03 bits per heavy atom. The number of hydrogen-bond acceptors (Lipinski definition) is 4. The molecule has 2 unspecified atom stereocenters. The summed E-state index contributed by atoms with van der Waals surface area (Å²) in [6.07, 6.45) is 1.51. The summed E-state index contributed by atoms with van der Waals surface area (Å²) in [6, 6.07) is 8.47. The zero-order chi connectivity index (χ0) is 21.6. The summed E-state index contributed by atoms with van der Waals surface area (Å²) in [5, 5.41) is 8.34. The van der Waals surface area contributed by atoms with Crippen molar-refractivity contribution >= 4 is 17.9 Å². The fraction of sp³-hybridized carbons (Fsp3) is 0.591. The number of nitrogens with one attached hydrogen (secondary N) is 3. The van der Waals surface area contributed by atoms with Gasteiger partial charge in [-0.1, -0.05) is 58.0 Å². The van der Waals surface area contributed by atoms with Crippen LogP contribution in [-0.2, 0) is 20.9 Å². The highest BCUT2D eigenvalue weighted by atomic mass is 16.5. The monoisotopic (exact) mass is 405 g/mol. The average Bonchev–Trinajstić information content (AvgIpc) is 2.68. The van der Waals surface area contributed by atoms with Crippen molar-refractivity contribution in [3.05, 3.63) is 35.9 Å². The molecular weight excluding hydrogens is 370 g/mol. The van der Waals surface area contributed by atoms with Crippen molar-refractivity contribution in [2.75, 3.05) is 6.54 Å². The molecule has 0 aromatic heterocycles. The Hall–Kier alpha value is -2.57. The lowest BCUT2D eigenvalue weighted by Crippen LogP contribution is -2.48. The maximum atomic E-state index is 12.5. The van der Waals surface area contributed by atoms with Crippen LogP contribution in [0, 0.1) is 5.92 Å². The molecule has 2 atom stereocenters. The second-order valence-corrected chi connectivity index (χ2v) is 7.56. The first kappa shape index (κ1) is 24.5. The molecule has 1 rings (SSSR count). The quantitative estimate of drug-likeness (QED) is 0.498. The highest BCUT2D eigenvalue weighted by Gasteiger charge is 2.22. The van der Waals surface area contributed by atoms with E-state index in [1.807, 2.05) is 58.0 Å². The van der Waals surface area contributed by atoms with Crippen LogP contribution in [0.2, 0.25) is 0 Å². The molecular formula is C22H35N3O4. The van der Waals surface area contributed by atoms with E-state index >= 15 is 0 Å². The third-order valence-electron chi connectivity index (χ3n) is 4.33. The van der Waals surface area contributed by atoms with Gasteiger partial charge in [0.05, 0.1) is 0 Å². The van der Waals surface area contributed by atoms with E-state index in [9.17, 15) is 14.4 Å². The Bertz CT molecular complexity index is 634. The molecule has 7 nitrogen and oxygen atoms in total. The Morgan fingerprint density at radius 2 is 1.72 bits per heavy atom. The molecule has 0 radical (unpaired) electrons. The molecule has 0 spiro atoms. The van der Waals surface area contributed by atoms with Crippen LogP contribution in [0.3, 0.4) is 0 Å². The van der Waals surface area contributed by atoms with Crippen molar-refractivity contribution in [2.45, 2.75) is 72.1 Å². The summed E-state index contributed by atoms with van der Waals surface area (Å²) in [5.41, 5.74) is 0.893. The van der Waals surface area contributed by atoms with E-state index in [1.165, 1.54) is 0 Å². The van der Waals surface area contributed by atoms with Crippen LogP contribution < -0.4 is 16.0 Å². The van der Waals surface area contributed by atoms with Crippen LogP contribution in [0.4, 0.5) is 4.79 Å². The molecule has 162 valence electrons. The number of hydrogen-bond donors (Lipinski definition) is 3. The SMILES string of the molecule is CCCNC(=O)C(CC)NC(=O)CC(CC(C)C)NC(=O)OCc1ccccc1. The Balaban J connectivity index is 2.56. The highest BCUT2D eigenvalue weighted by Crippen LogP contribution is 2.10. The average molecular weight is 406 g/mol. The van der Waals surface area contributed by atoms with Gasteiger partial charge in [0.1, 0.15) is 12.6 Å². The lowest BCUT2D eigenvalue weighted by molar-refractivity contribution is -0.129. The minimum Gasteiger partial charge on any atom is -0.445 e. The van der Waals surface area contributed by atoms with Crippen LogP contribution in [0.5, 0.6) is 0 Å². The summed E-state index contributed by atoms with van der Waals surface area (Å²) in [4.78, 5) is 36.7. The van der Waals surface area contributed by atoms with Crippen LogP contribution in [-0.4, -0.2) is 36.5 Å². The smallest absolute Gasteiger partial charge is 0.407 e. The second kappa shape index (κ2) is 13.6. The van der Waals surface area contributed by atoms with Gasteiger partial charge in [-0.3, -0.25) is 9.59 Å². The standard InChI is InChI=1S/C22H35N3O4/c1-5-12-23-21(27)19(6-2)25-20(26)14-18(13-16(3)4)24-22(28)29-15-17-10-8-7-9-11-17/h7-11,16,18-19H,5-6,12-15H2,1-4H3,(H,23,27)(H,24,28)(H,25,26). The number of rotatable bonds is 12. The molecule has 1 aromatic rings. The third kappa shape index (κ3) is 10.5. The van der Waals surface area contributed by atoms with E-state index in [0.29, 0.717) is 19.4 Å². The molecule has 3 amide bonds. The minimum atomic E-state index is -0.571. The van der Waals surface area contributed by atoms with Crippen molar-refractivity contribution in [2.24, 2.45) is 5.92 Å². The summed E-state index contributed by atoms with van der Waals surface area (Å²) < 4.78 is 5.26. The van der Waals surface area contributed by atoms with E-state index in [2.05, 4.69) is 16.0 Å². The van der Waals surface area contributed by atoms with Gasteiger partial charge in [0.2, 0.25) is 11.8 Å². The topological polar surface area (TPSA) is 96.5 Å². The van der Waals surface area contributed by atoms with Crippen LogP contribution in [0.25, 0.3) is 0 Å². The van der Waals surface area contributed by atoms with Crippen LogP contribution >= 0.6 is 0 Å². The molecule has 7 heteroatoms. The van der Waals surface area contributed by atoms with Gasteiger partial charge >= 0.3 is 6.09 Å². The normalized spacial score (nSPS) is 12.7. The van der Waals surface area contributed by atoms with Gasteiger partial charge in [0, 0.05) is 19.0 Å². The molecule has 0 heterocycles. The predicted molar refractivity (Wildman–Crippen MR) is 113 cm³/mol. The zero-order valence-electron chi connectivity index (χ0n) is 18.0. The summed E-state index contributed by atoms with van der Waals surface area (Å²) in [5.74, 6) is -0.159. The van der Waals surface area contributed by atoms with Crippen LogP contribution in [0.1, 0.15) is 58.9 Å². The molecule has 1 aromatic carbocycles. The van der Waals surface area contributed by atoms with Gasteiger partial charge in [-0.25, -0.2) is 4.79 Å². The number of carbonyl (C=O) groups excluding carboxylic acids is 3. The lowest BCUT2D eigenvalue weighted by atomic mass is 10.0. The Labute approximate surface area is 174 Å². The van der Waals surface area contributed by atoms with Crippen molar-refractivity contribution in [1.29, 1.82) is 0 Å². The zero-order valence-corrected chi connectivity index (χ0v) is 18.0. The molecule has 0 bridgehead atoms. The van der Waals surface area contributed by atoms with E-state index in [1.54, 1.807) is 0 Å². The molecule has 29 heavy (non-hydrogen) atoms. The number of carbonyl (C=O) groups is 3. The molecule has 0 saturated heterocycles. The number of ether oxygens (including phenoxy) is 1. The van der Waals surface area contributed by atoms with Gasteiger partial charge in [0.25, 0.3) is 0 Å². The van der Waals surface area contributed by atoms with E-state index < -0.39 is 12.1 Å². The maximum Gasteiger partial charge on any atom is 0.407 e. The minimum absolute atomic E-state index is 0.0934. The van der Waals surface area contributed by atoms with Crippen LogP contribution in [0.15, 0.2) is 30.3 Å². The number of benzene rings is 1. The summed E-state index contributed by atoms with van der Waals surface area (Å²) >= 11 is 0. The molecule has 0 aliphatic heterocycles. The first-order valence-corrected chi connectivity index (χ1v) is 10.4. The highest BCUT2D eigenvalue weighted by molar-refractivity contribution is 5.87. The predicted octanol–water partition coefficient (Wildman–Crippen LogP) is 3.14. The van der Waals surface area contributed by atoms with Gasteiger partial charge in [-0.05, 0) is 30.7 Å². The molecule has 3 N–H and O–H groups in total. The third-order valence-corrected chi connectivity index (χ3v) is 4.33. The Morgan fingerprint density at radius 3 is 2.31 bits per heavy atom. The summed E-state index contributed by atoms with van der Waals surface area (Å²) in [6.45, 7) is 8.61. The Kier molecular flexibility index (Phi) is 11.5. The van der Waals surface area contributed by atoms with Gasteiger partial charge < -0.3 is 20.7 Å². The van der Waals surface area contributed by atoms with E-state index in [-0.39, 0.29) is 36.8 Å². The van der Waals surface area contributed by atoms with Crippen molar-refractivity contribution < 1.29 is 19.1 Å². The van der Waals surface area contributed by atoms with Crippen molar-refractivity contribution in [1.82, 2.24) is 16.0 Å². The van der Waals surface area contributed by atoms with Crippen molar-refractivity contribution in [3.8, 4) is 0 Å². The fourth-order valence-corrected chi connectivity index (χ4v) is 2.90. The number of alkyl carbamates (subject to hydrolysis) is 1. The van der Waals surface area contributed by atoms with Gasteiger partial charge in [0.15, 0.2) is 0 Å². The maximum absolute atomic E-state index is 12.5. The van der Waals surface area contributed by atoms with E-state index in [4.69, 9.17) is 4.74 Å². The largest absolute Gasteiger partial charge is 0.445 e. The molecule has 0 aliphatic carbocycles. The molecule has 0 aliphatic rings. The number of amides is 3. The summed E-state index contributed by atoms with van der Waals surface area (Å²) in [7, 11) is 0. The van der Waals surface area contributed by atoms with Gasteiger partial charge in [-0.2, -0.15) is 0 Å². The second-order valence-electron chi connectivity index (χ2n) is 7.56.